The lowest BCUT2D eigenvalue weighted by molar-refractivity contribution is -0.119. The molecule has 0 spiro atoms. The molecule has 2 aromatic carbocycles. The zero-order valence-corrected chi connectivity index (χ0v) is 25.9. The summed E-state index contributed by atoms with van der Waals surface area (Å²) < 4.78 is 17.1. The zero-order chi connectivity index (χ0) is 30.5. The van der Waals surface area contributed by atoms with Crippen LogP contribution in [0.25, 0.3) is 11.1 Å². The highest BCUT2D eigenvalue weighted by Crippen LogP contribution is 2.50. The summed E-state index contributed by atoms with van der Waals surface area (Å²) in [6.07, 6.45) is 6.39. The Hall–Kier alpha value is -4.12. The maximum absolute atomic E-state index is 13.5. The quantitative estimate of drug-likeness (QED) is 0.274. The Morgan fingerprint density at radius 3 is 2.53 bits per heavy atom. The van der Waals surface area contributed by atoms with E-state index in [0.29, 0.717) is 65.9 Å². The molecule has 2 aliphatic rings. The first-order chi connectivity index (χ1) is 20.8. The monoisotopic (exact) mass is 606 g/mol. The number of carbonyl (C=O) groups excluding carboxylic acids is 2. The standard InChI is InChI=1S/C32H38N4O6S/c1-18(37)34-22-13-11-19-16-26(40-2)30(41-3)31(42-4)29(19)20-12-14-23(25(38)17-21(20)22)33-15-7-10-28(39)36-32-35-24-8-5-6-9-27(24)43-32/h12,14,16-17,22H,5-11,13,15H2,1-4H3,(H,33,38)(H,34,37)(H,35,36,39). The molecular weight excluding hydrogens is 568 g/mol. The molecule has 0 aliphatic heterocycles. The number of thiazole rings is 1. The summed E-state index contributed by atoms with van der Waals surface area (Å²) in [5.74, 6) is 1.23. The van der Waals surface area contributed by atoms with Gasteiger partial charge in [0.05, 0.1) is 38.8 Å². The third-order valence-electron chi connectivity index (χ3n) is 7.90. The molecule has 3 aromatic rings. The van der Waals surface area contributed by atoms with Gasteiger partial charge in [-0.05, 0) is 79.8 Å². The zero-order valence-electron chi connectivity index (χ0n) is 25.1. The number of amides is 2. The summed E-state index contributed by atoms with van der Waals surface area (Å²) in [6.45, 7) is 1.91. The van der Waals surface area contributed by atoms with Crippen molar-refractivity contribution in [3.05, 3.63) is 56.2 Å². The minimum Gasteiger partial charge on any atom is -0.493 e. The topological polar surface area (TPSA) is 128 Å². The van der Waals surface area contributed by atoms with Gasteiger partial charge in [0.2, 0.25) is 23.0 Å². The lowest BCUT2D eigenvalue weighted by Gasteiger charge is -2.19. The Morgan fingerprint density at radius 1 is 1.02 bits per heavy atom. The molecule has 0 fully saturated rings. The molecule has 1 heterocycles. The average Bonchev–Trinajstić information content (AvgIpc) is 3.26. The van der Waals surface area contributed by atoms with Gasteiger partial charge in [0.1, 0.15) is 0 Å². The van der Waals surface area contributed by atoms with Gasteiger partial charge < -0.3 is 30.2 Å². The van der Waals surface area contributed by atoms with E-state index in [1.165, 1.54) is 18.2 Å². The van der Waals surface area contributed by atoms with Gasteiger partial charge in [0, 0.05) is 30.3 Å². The number of anilines is 2. The molecule has 0 radical (unpaired) electrons. The van der Waals surface area contributed by atoms with Gasteiger partial charge in [-0.2, -0.15) is 0 Å². The summed E-state index contributed by atoms with van der Waals surface area (Å²) in [6, 6.07) is 6.75. The molecule has 2 aliphatic carbocycles. The van der Waals surface area contributed by atoms with Gasteiger partial charge in [-0.1, -0.05) is 6.07 Å². The second-order valence-corrected chi connectivity index (χ2v) is 11.9. The van der Waals surface area contributed by atoms with E-state index < -0.39 is 0 Å². The van der Waals surface area contributed by atoms with Crippen molar-refractivity contribution < 1.29 is 23.8 Å². The van der Waals surface area contributed by atoms with Crippen LogP contribution in [0.3, 0.4) is 0 Å². The molecule has 0 bridgehead atoms. The van der Waals surface area contributed by atoms with Crippen LogP contribution in [0.4, 0.5) is 10.8 Å². The lowest BCUT2D eigenvalue weighted by Crippen LogP contribution is -2.26. The number of carbonyl (C=O) groups is 2. The Balaban J connectivity index is 1.37. The second kappa shape index (κ2) is 13.5. The molecule has 3 N–H and O–H groups in total. The van der Waals surface area contributed by atoms with Crippen LogP contribution in [-0.2, 0) is 28.9 Å². The summed E-state index contributed by atoms with van der Waals surface area (Å²) in [4.78, 5) is 44.0. The highest BCUT2D eigenvalue weighted by atomic mass is 32.1. The van der Waals surface area contributed by atoms with Crippen LogP contribution in [0.2, 0.25) is 0 Å². The molecule has 11 heteroatoms. The van der Waals surface area contributed by atoms with Crippen molar-refractivity contribution in [2.24, 2.45) is 0 Å². The number of aromatic nitrogens is 1. The predicted molar refractivity (Wildman–Crippen MR) is 168 cm³/mol. The molecule has 1 unspecified atom stereocenters. The predicted octanol–water partition coefficient (Wildman–Crippen LogP) is 5.03. The summed E-state index contributed by atoms with van der Waals surface area (Å²) >= 11 is 1.57. The summed E-state index contributed by atoms with van der Waals surface area (Å²) in [5, 5.41) is 9.83. The Morgan fingerprint density at radius 2 is 1.81 bits per heavy atom. The Bertz CT molecular complexity index is 1560. The molecule has 10 nitrogen and oxygen atoms in total. The molecule has 228 valence electrons. The van der Waals surface area contributed by atoms with Gasteiger partial charge in [-0.3, -0.25) is 14.4 Å². The van der Waals surface area contributed by atoms with Crippen molar-refractivity contribution in [1.82, 2.24) is 10.3 Å². The Labute approximate surface area is 255 Å². The van der Waals surface area contributed by atoms with E-state index in [4.69, 9.17) is 14.2 Å². The number of benzene rings is 1. The first-order valence-electron chi connectivity index (χ1n) is 14.6. The fourth-order valence-electron chi connectivity index (χ4n) is 5.91. The largest absolute Gasteiger partial charge is 0.493 e. The van der Waals surface area contributed by atoms with E-state index in [2.05, 4.69) is 20.9 Å². The Kier molecular flexibility index (Phi) is 9.49. The SMILES string of the molecule is COc1cc2c(c(OC)c1OC)-c1ccc(NCCCC(=O)Nc3nc4c(s3)CCCC4)c(=O)cc1C(NC(C)=O)CC2. The molecule has 2 amide bonds. The van der Waals surface area contributed by atoms with Gasteiger partial charge in [0.15, 0.2) is 16.6 Å². The molecule has 0 saturated carbocycles. The van der Waals surface area contributed by atoms with Crippen molar-refractivity contribution >= 4 is 34.0 Å². The van der Waals surface area contributed by atoms with Gasteiger partial charge in [-0.15, -0.1) is 11.3 Å². The molecular formula is C32H38N4O6S. The van der Waals surface area contributed by atoms with Crippen molar-refractivity contribution in [3.8, 4) is 28.4 Å². The summed E-state index contributed by atoms with van der Waals surface area (Å²) in [5.41, 5.74) is 4.53. The van der Waals surface area contributed by atoms with E-state index >= 15 is 0 Å². The van der Waals surface area contributed by atoms with Crippen LogP contribution in [-0.4, -0.2) is 44.7 Å². The molecule has 43 heavy (non-hydrogen) atoms. The number of hydrogen-bond donors (Lipinski definition) is 3. The van der Waals surface area contributed by atoms with Crippen LogP contribution in [0.15, 0.2) is 29.1 Å². The minimum absolute atomic E-state index is 0.0909. The minimum atomic E-state index is -0.380. The van der Waals surface area contributed by atoms with Crippen LogP contribution < -0.4 is 35.6 Å². The van der Waals surface area contributed by atoms with E-state index in [1.54, 1.807) is 44.8 Å². The molecule has 5 rings (SSSR count). The lowest BCUT2D eigenvalue weighted by atomic mass is 9.95. The number of rotatable bonds is 10. The van der Waals surface area contributed by atoms with Crippen molar-refractivity contribution in [1.29, 1.82) is 0 Å². The number of fused-ring (bicyclic) bond motifs is 4. The molecule has 1 atom stereocenters. The molecule has 1 aromatic heterocycles. The average molecular weight is 607 g/mol. The number of nitrogens with zero attached hydrogens (tertiary/aromatic N) is 1. The highest BCUT2D eigenvalue weighted by Gasteiger charge is 2.29. The van der Waals surface area contributed by atoms with E-state index in [-0.39, 0.29) is 23.3 Å². The van der Waals surface area contributed by atoms with Crippen LogP contribution in [0.5, 0.6) is 17.2 Å². The van der Waals surface area contributed by atoms with Crippen molar-refractivity contribution in [2.45, 2.75) is 64.3 Å². The number of ether oxygens (including phenoxy) is 3. The molecule has 0 saturated heterocycles. The van der Waals surface area contributed by atoms with Gasteiger partial charge >= 0.3 is 0 Å². The van der Waals surface area contributed by atoms with Crippen LogP contribution in [0, 0.1) is 0 Å². The maximum Gasteiger partial charge on any atom is 0.226 e. The fraction of sp³-hybridized carbons (Fsp3) is 0.438. The normalized spacial score (nSPS) is 15.2. The van der Waals surface area contributed by atoms with E-state index in [1.807, 2.05) is 12.1 Å². The third kappa shape index (κ3) is 6.61. The first-order valence-corrected chi connectivity index (χ1v) is 15.4. The fourth-order valence-corrected chi connectivity index (χ4v) is 6.98. The van der Waals surface area contributed by atoms with E-state index in [9.17, 15) is 14.4 Å². The summed E-state index contributed by atoms with van der Waals surface area (Å²) in [7, 11) is 4.70. The van der Waals surface area contributed by atoms with E-state index in [0.717, 1.165) is 41.6 Å². The first kappa shape index (κ1) is 30.3. The maximum atomic E-state index is 13.5. The van der Waals surface area contributed by atoms with Crippen LogP contribution in [0.1, 0.15) is 66.8 Å². The van der Waals surface area contributed by atoms with Crippen molar-refractivity contribution in [3.63, 3.8) is 0 Å². The third-order valence-corrected chi connectivity index (χ3v) is 8.98. The van der Waals surface area contributed by atoms with Gasteiger partial charge in [0.25, 0.3) is 0 Å². The number of nitrogens with one attached hydrogen (secondary N) is 3. The van der Waals surface area contributed by atoms with Crippen LogP contribution >= 0.6 is 11.3 Å². The number of hydrogen-bond acceptors (Lipinski definition) is 9. The number of methoxy groups -OCH3 is 3. The van der Waals surface area contributed by atoms with Crippen molar-refractivity contribution in [2.75, 3.05) is 38.5 Å². The second-order valence-electron chi connectivity index (χ2n) is 10.8. The smallest absolute Gasteiger partial charge is 0.226 e. The van der Waals surface area contributed by atoms with Gasteiger partial charge in [-0.25, -0.2) is 4.98 Å². The highest BCUT2D eigenvalue weighted by molar-refractivity contribution is 7.15. The number of aryl methyl sites for hydroxylation is 3.